The van der Waals surface area contributed by atoms with E-state index in [2.05, 4.69) is 0 Å². The number of likely N-dealkylation sites (N-methyl/N-ethyl adjacent to an activating group) is 1. The van der Waals surface area contributed by atoms with Gasteiger partial charge in [0.05, 0.1) is 25.2 Å². The molecular weight excluding hydrogens is 196 g/mol. The Morgan fingerprint density at radius 2 is 2.40 bits per heavy atom. The molecule has 15 heavy (non-hydrogen) atoms. The Balaban J connectivity index is 2.58. The highest BCUT2D eigenvalue weighted by Crippen LogP contribution is 2.28. The van der Waals surface area contributed by atoms with Crippen LogP contribution in [0.3, 0.4) is 0 Å². The Morgan fingerprint density at radius 1 is 1.73 bits per heavy atom. The number of nitrogens with zero attached hydrogens (tertiary/aromatic N) is 1. The fourth-order valence-electron chi connectivity index (χ4n) is 1.67. The summed E-state index contributed by atoms with van der Waals surface area (Å²) in [5.41, 5.74) is 5.30. The molecule has 5 nitrogen and oxygen atoms in total. The summed E-state index contributed by atoms with van der Waals surface area (Å²) in [4.78, 5) is 13.7. The van der Waals surface area contributed by atoms with Crippen LogP contribution in [0.4, 0.5) is 0 Å². The summed E-state index contributed by atoms with van der Waals surface area (Å²) < 4.78 is 10.2. The van der Waals surface area contributed by atoms with Gasteiger partial charge in [0, 0.05) is 26.7 Å². The van der Waals surface area contributed by atoms with E-state index in [1.807, 2.05) is 6.92 Å². The molecule has 0 aromatic heterocycles. The molecule has 0 aromatic carbocycles. The molecule has 0 bridgehead atoms. The first-order valence-corrected chi connectivity index (χ1v) is 5.10. The average molecular weight is 216 g/mol. The van der Waals surface area contributed by atoms with E-state index in [0.717, 1.165) is 0 Å². The summed E-state index contributed by atoms with van der Waals surface area (Å²) in [5, 5.41) is 0. The molecule has 0 saturated carbocycles. The molecule has 1 saturated heterocycles. The normalized spacial score (nSPS) is 30.5. The van der Waals surface area contributed by atoms with Crippen LogP contribution in [0.2, 0.25) is 0 Å². The molecule has 0 aliphatic carbocycles. The number of ether oxygens (including phenoxy) is 2. The molecule has 2 atom stereocenters. The number of nitrogens with two attached hydrogens (primary N) is 1. The molecule has 1 amide bonds. The van der Waals surface area contributed by atoms with E-state index in [1.165, 1.54) is 0 Å². The SMILES string of the molecule is COCCN(C)C(=O)C1(C)COCC1N. The molecule has 0 radical (unpaired) electrons. The molecule has 1 heterocycles. The van der Waals surface area contributed by atoms with Gasteiger partial charge in [-0.25, -0.2) is 0 Å². The van der Waals surface area contributed by atoms with E-state index in [1.54, 1.807) is 19.1 Å². The van der Waals surface area contributed by atoms with Crippen LogP contribution >= 0.6 is 0 Å². The van der Waals surface area contributed by atoms with Gasteiger partial charge in [-0.2, -0.15) is 0 Å². The number of carbonyl (C=O) groups is 1. The molecule has 0 aromatic rings. The second-order valence-electron chi connectivity index (χ2n) is 4.26. The Hall–Kier alpha value is -0.650. The highest BCUT2D eigenvalue weighted by Gasteiger charge is 2.45. The molecule has 0 spiro atoms. The second-order valence-corrected chi connectivity index (χ2v) is 4.26. The van der Waals surface area contributed by atoms with Crippen molar-refractivity contribution in [3.05, 3.63) is 0 Å². The Labute approximate surface area is 90.5 Å². The third-order valence-corrected chi connectivity index (χ3v) is 2.98. The number of amides is 1. The molecular formula is C10H20N2O3. The lowest BCUT2D eigenvalue weighted by molar-refractivity contribution is -0.140. The maximum absolute atomic E-state index is 12.1. The summed E-state index contributed by atoms with van der Waals surface area (Å²) in [6.07, 6.45) is 0. The van der Waals surface area contributed by atoms with Crippen LogP contribution in [-0.4, -0.2) is 57.4 Å². The van der Waals surface area contributed by atoms with Gasteiger partial charge >= 0.3 is 0 Å². The van der Waals surface area contributed by atoms with Crippen molar-refractivity contribution in [2.75, 3.05) is 40.5 Å². The number of hydrogen-bond acceptors (Lipinski definition) is 4. The number of carbonyl (C=O) groups excluding carboxylic acids is 1. The van der Waals surface area contributed by atoms with Crippen LogP contribution in [0.5, 0.6) is 0 Å². The number of rotatable bonds is 4. The first kappa shape index (κ1) is 12.4. The maximum atomic E-state index is 12.1. The zero-order valence-corrected chi connectivity index (χ0v) is 9.66. The monoisotopic (exact) mass is 216 g/mol. The van der Waals surface area contributed by atoms with Gasteiger partial charge in [0.2, 0.25) is 5.91 Å². The average Bonchev–Trinajstić information content (AvgIpc) is 2.56. The number of methoxy groups -OCH3 is 1. The molecule has 1 fully saturated rings. The summed E-state index contributed by atoms with van der Waals surface area (Å²) in [7, 11) is 3.38. The standard InChI is InChI=1S/C10H20N2O3/c1-10(7-15-6-8(10)11)9(13)12(2)4-5-14-3/h8H,4-7,11H2,1-3H3. The number of hydrogen-bond donors (Lipinski definition) is 1. The fraction of sp³-hybridized carbons (Fsp3) is 0.900. The topological polar surface area (TPSA) is 64.8 Å². The zero-order valence-electron chi connectivity index (χ0n) is 9.66. The molecule has 2 unspecified atom stereocenters. The minimum absolute atomic E-state index is 0.0320. The summed E-state index contributed by atoms with van der Waals surface area (Å²) in [5.74, 6) is 0.0320. The van der Waals surface area contributed by atoms with Gasteiger partial charge < -0.3 is 20.1 Å². The quantitative estimate of drug-likeness (QED) is 0.685. The highest BCUT2D eigenvalue weighted by atomic mass is 16.5. The van der Waals surface area contributed by atoms with Crippen molar-refractivity contribution >= 4 is 5.91 Å². The van der Waals surface area contributed by atoms with Crippen LogP contribution in [0, 0.1) is 5.41 Å². The molecule has 2 N–H and O–H groups in total. The largest absolute Gasteiger partial charge is 0.383 e. The van der Waals surface area contributed by atoms with Crippen molar-refractivity contribution < 1.29 is 14.3 Å². The molecule has 1 aliphatic heterocycles. The summed E-state index contributed by atoms with van der Waals surface area (Å²) >= 11 is 0. The van der Waals surface area contributed by atoms with Crippen LogP contribution in [0.25, 0.3) is 0 Å². The lowest BCUT2D eigenvalue weighted by Gasteiger charge is -2.30. The predicted molar refractivity (Wildman–Crippen MR) is 56.4 cm³/mol. The van der Waals surface area contributed by atoms with E-state index < -0.39 is 5.41 Å². The zero-order chi connectivity index (χ0) is 11.5. The van der Waals surface area contributed by atoms with E-state index in [4.69, 9.17) is 15.2 Å². The van der Waals surface area contributed by atoms with Crippen molar-refractivity contribution in [2.24, 2.45) is 11.1 Å². The molecule has 1 rings (SSSR count). The highest BCUT2D eigenvalue weighted by molar-refractivity contribution is 5.83. The minimum atomic E-state index is -0.581. The van der Waals surface area contributed by atoms with Gasteiger partial charge in [0.15, 0.2) is 0 Å². The summed E-state index contributed by atoms with van der Waals surface area (Å²) in [6.45, 7) is 3.84. The van der Waals surface area contributed by atoms with Crippen LogP contribution < -0.4 is 5.73 Å². The van der Waals surface area contributed by atoms with Crippen molar-refractivity contribution in [1.82, 2.24) is 4.90 Å². The van der Waals surface area contributed by atoms with Crippen LogP contribution in [-0.2, 0) is 14.3 Å². The fourth-order valence-corrected chi connectivity index (χ4v) is 1.67. The van der Waals surface area contributed by atoms with Gasteiger partial charge in [0.1, 0.15) is 0 Å². The Kier molecular flexibility index (Phi) is 4.07. The van der Waals surface area contributed by atoms with Crippen molar-refractivity contribution in [3.8, 4) is 0 Å². The summed E-state index contributed by atoms with van der Waals surface area (Å²) in [6, 6.07) is -0.213. The molecule has 1 aliphatic rings. The Morgan fingerprint density at radius 3 is 2.87 bits per heavy atom. The lowest BCUT2D eigenvalue weighted by Crippen LogP contribution is -2.51. The van der Waals surface area contributed by atoms with Gasteiger partial charge in [0.25, 0.3) is 0 Å². The molecule has 88 valence electrons. The van der Waals surface area contributed by atoms with Gasteiger partial charge in [-0.3, -0.25) is 4.79 Å². The van der Waals surface area contributed by atoms with E-state index in [9.17, 15) is 4.79 Å². The van der Waals surface area contributed by atoms with E-state index in [-0.39, 0.29) is 11.9 Å². The lowest BCUT2D eigenvalue weighted by atomic mass is 9.84. The molecule has 5 heteroatoms. The third-order valence-electron chi connectivity index (χ3n) is 2.98. The predicted octanol–water partition coefficient (Wildman–Crippen LogP) is -0.545. The van der Waals surface area contributed by atoms with Crippen molar-refractivity contribution in [3.63, 3.8) is 0 Å². The van der Waals surface area contributed by atoms with E-state index in [0.29, 0.717) is 26.4 Å². The van der Waals surface area contributed by atoms with Crippen molar-refractivity contribution in [1.29, 1.82) is 0 Å². The van der Waals surface area contributed by atoms with Gasteiger partial charge in [-0.05, 0) is 6.92 Å². The van der Waals surface area contributed by atoms with Crippen molar-refractivity contribution in [2.45, 2.75) is 13.0 Å². The van der Waals surface area contributed by atoms with E-state index >= 15 is 0 Å². The first-order chi connectivity index (χ1) is 7.02. The van der Waals surface area contributed by atoms with Gasteiger partial charge in [-0.1, -0.05) is 0 Å². The third kappa shape index (κ3) is 2.48. The van der Waals surface area contributed by atoms with Crippen LogP contribution in [0.15, 0.2) is 0 Å². The van der Waals surface area contributed by atoms with Gasteiger partial charge in [-0.15, -0.1) is 0 Å². The Bertz CT molecular complexity index is 235. The first-order valence-electron chi connectivity index (χ1n) is 5.10. The smallest absolute Gasteiger partial charge is 0.232 e. The second kappa shape index (κ2) is 4.92. The minimum Gasteiger partial charge on any atom is -0.383 e. The van der Waals surface area contributed by atoms with Crippen LogP contribution in [0.1, 0.15) is 6.92 Å². The maximum Gasteiger partial charge on any atom is 0.232 e.